The molecular weight excluding hydrogens is 232 g/mol. The first kappa shape index (κ1) is 11.9. The molecule has 1 aromatic rings. The molecule has 0 heterocycles. The molecule has 0 amide bonds. The molecule has 0 N–H and O–H groups in total. The number of benzene rings is 1. The maximum atomic E-state index is 11.4. The first-order valence-electron chi connectivity index (χ1n) is 3.98. The van der Waals surface area contributed by atoms with Crippen LogP contribution < -0.4 is 0 Å². The molecule has 1 aromatic carbocycles. The van der Waals surface area contributed by atoms with Crippen LogP contribution in [0.15, 0.2) is 35.1 Å². The normalized spacial score (nSPS) is 10.4. The van der Waals surface area contributed by atoms with Crippen LogP contribution >= 0.6 is 0 Å². The van der Waals surface area contributed by atoms with Crippen molar-refractivity contribution in [1.29, 1.82) is 5.26 Å². The minimum atomic E-state index is -3.89. The second kappa shape index (κ2) is 4.12. The van der Waals surface area contributed by atoms with Crippen molar-refractivity contribution in [3.63, 3.8) is 0 Å². The van der Waals surface area contributed by atoms with Gasteiger partial charge in [0.25, 0.3) is 5.69 Å². The summed E-state index contributed by atoms with van der Waals surface area (Å²) in [5.41, 5.74) is -0.603. The number of sulfone groups is 1. The Labute approximate surface area is 91.5 Å². The van der Waals surface area contributed by atoms with Crippen molar-refractivity contribution in [1.82, 2.24) is 0 Å². The van der Waals surface area contributed by atoms with Crippen molar-refractivity contribution in [3.8, 4) is 6.07 Å². The van der Waals surface area contributed by atoms with Crippen LogP contribution in [0.3, 0.4) is 0 Å². The third-order valence-electron chi connectivity index (χ3n) is 1.81. The fourth-order valence-electron chi connectivity index (χ4n) is 1.06. The first-order chi connectivity index (χ1) is 7.42. The van der Waals surface area contributed by atoms with Crippen LogP contribution in [-0.2, 0) is 9.84 Å². The molecule has 6 nitrogen and oxygen atoms in total. The van der Waals surface area contributed by atoms with E-state index in [0.717, 1.165) is 12.1 Å². The van der Waals surface area contributed by atoms with Gasteiger partial charge in [0.15, 0.2) is 0 Å². The van der Waals surface area contributed by atoms with Gasteiger partial charge in [0.05, 0.1) is 16.6 Å². The molecule has 0 saturated heterocycles. The van der Waals surface area contributed by atoms with E-state index in [1.807, 2.05) is 0 Å². The molecule has 0 bridgehead atoms. The number of rotatable bonds is 3. The number of nitro benzene ring substituents is 1. The van der Waals surface area contributed by atoms with E-state index in [2.05, 4.69) is 6.58 Å². The average Bonchev–Trinajstić information content (AvgIpc) is 2.28. The molecule has 0 aliphatic rings. The Balaban J connectivity index is 3.60. The van der Waals surface area contributed by atoms with E-state index in [1.165, 1.54) is 6.07 Å². The van der Waals surface area contributed by atoms with Crippen LogP contribution in [-0.4, -0.2) is 13.3 Å². The molecule has 16 heavy (non-hydrogen) atoms. The monoisotopic (exact) mass is 238 g/mol. The van der Waals surface area contributed by atoms with Crippen molar-refractivity contribution in [3.05, 3.63) is 45.9 Å². The van der Waals surface area contributed by atoms with Gasteiger partial charge in [0.1, 0.15) is 4.90 Å². The minimum absolute atomic E-state index is 0.0229. The fraction of sp³-hybridized carbons (Fsp3) is 0. The highest BCUT2D eigenvalue weighted by atomic mass is 32.2. The van der Waals surface area contributed by atoms with Gasteiger partial charge in [-0.2, -0.15) is 5.26 Å². The van der Waals surface area contributed by atoms with E-state index < -0.39 is 25.3 Å². The Hall–Kier alpha value is -2.20. The summed E-state index contributed by atoms with van der Waals surface area (Å²) in [6.45, 7) is 3.08. The minimum Gasteiger partial charge on any atom is -0.258 e. The van der Waals surface area contributed by atoms with Crippen molar-refractivity contribution in [2.45, 2.75) is 4.90 Å². The summed E-state index contributed by atoms with van der Waals surface area (Å²) in [6.07, 6.45) is 0. The zero-order chi connectivity index (χ0) is 12.3. The molecule has 0 atom stereocenters. The summed E-state index contributed by atoms with van der Waals surface area (Å²) in [5.74, 6) is 0. The van der Waals surface area contributed by atoms with Gasteiger partial charge in [-0.15, -0.1) is 0 Å². The fourth-order valence-corrected chi connectivity index (χ4v) is 1.92. The third-order valence-corrected chi connectivity index (χ3v) is 3.21. The summed E-state index contributed by atoms with van der Waals surface area (Å²) in [4.78, 5) is 9.33. The van der Waals surface area contributed by atoms with Gasteiger partial charge < -0.3 is 0 Å². The van der Waals surface area contributed by atoms with Crippen LogP contribution in [0.1, 0.15) is 5.56 Å². The summed E-state index contributed by atoms with van der Waals surface area (Å²) in [6, 6.07) is 4.83. The summed E-state index contributed by atoms with van der Waals surface area (Å²) in [7, 11) is -3.89. The second-order valence-corrected chi connectivity index (χ2v) is 4.63. The number of nitrogens with zero attached hydrogens (tertiary/aromatic N) is 2. The molecule has 0 fully saturated rings. The maximum Gasteiger partial charge on any atom is 0.289 e. The number of hydrogen-bond donors (Lipinski definition) is 0. The van der Waals surface area contributed by atoms with E-state index >= 15 is 0 Å². The van der Waals surface area contributed by atoms with Crippen LogP contribution in [0.2, 0.25) is 0 Å². The van der Waals surface area contributed by atoms with Gasteiger partial charge in [0.2, 0.25) is 9.84 Å². The largest absolute Gasteiger partial charge is 0.289 e. The zero-order valence-corrected chi connectivity index (χ0v) is 8.77. The summed E-state index contributed by atoms with van der Waals surface area (Å²) < 4.78 is 22.8. The number of nitro groups is 1. The van der Waals surface area contributed by atoms with E-state index in [0.29, 0.717) is 5.41 Å². The molecule has 7 heteroatoms. The molecule has 0 radical (unpaired) electrons. The highest BCUT2D eigenvalue weighted by Gasteiger charge is 2.23. The predicted molar refractivity (Wildman–Crippen MR) is 55.2 cm³/mol. The SMILES string of the molecule is C=CS(=O)(=O)c1ccc(C#N)cc1[N+](=O)[O-]. The van der Waals surface area contributed by atoms with Gasteiger partial charge in [-0.25, -0.2) is 8.42 Å². The first-order valence-corrected chi connectivity index (χ1v) is 5.53. The van der Waals surface area contributed by atoms with Gasteiger partial charge in [0, 0.05) is 11.5 Å². The Morgan fingerprint density at radius 2 is 2.12 bits per heavy atom. The number of nitriles is 1. The molecular formula is C9H6N2O4S. The summed E-state index contributed by atoms with van der Waals surface area (Å²) >= 11 is 0. The lowest BCUT2D eigenvalue weighted by atomic mass is 10.2. The molecule has 0 saturated carbocycles. The smallest absolute Gasteiger partial charge is 0.258 e. The zero-order valence-electron chi connectivity index (χ0n) is 7.95. The number of hydrogen-bond acceptors (Lipinski definition) is 5. The second-order valence-electron chi connectivity index (χ2n) is 2.76. The lowest BCUT2D eigenvalue weighted by molar-refractivity contribution is -0.387. The molecule has 1 rings (SSSR count). The lowest BCUT2D eigenvalue weighted by Crippen LogP contribution is -2.02. The van der Waals surface area contributed by atoms with Gasteiger partial charge in [-0.1, -0.05) is 6.58 Å². The quantitative estimate of drug-likeness (QED) is 0.584. The molecule has 0 aliphatic carbocycles. The highest BCUT2D eigenvalue weighted by Crippen LogP contribution is 2.25. The van der Waals surface area contributed by atoms with Crippen LogP contribution in [0.5, 0.6) is 0 Å². The van der Waals surface area contributed by atoms with Crippen molar-refractivity contribution in [2.75, 3.05) is 0 Å². The Morgan fingerprint density at radius 1 is 1.50 bits per heavy atom. The van der Waals surface area contributed by atoms with Crippen molar-refractivity contribution in [2.24, 2.45) is 0 Å². The molecule has 0 unspecified atom stereocenters. The van der Waals surface area contributed by atoms with Crippen LogP contribution in [0.4, 0.5) is 5.69 Å². The highest BCUT2D eigenvalue weighted by molar-refractivity contribution is 7.94. The lowest BCUT2D eigenvalue weighted by Gasteiger charge is -2.00. The molecule has 0 aliphatic heterocycles. The van der Waals surface area contributed by atoms with E-state index in [-0.39, 0.29) is 5.56 Å². The predicted octanol–water partition coefficient (Wildman–Crippen LogP) is 1.38. The van der Waals surface area contributed by atoms with E-state index in [9.17, 15) is 18.5 Å². The van der Waals surface area contributed by atoms with Crippen molar-refractivity contribution >= 4 is 15.5 Å². The topological polar surface area (TPSA) is 101 Å². The average molecular weight is 238 g/mol. The van der Waals surface area contributed by atoms with Crippen molar-refractivity contribution < 1.29 is 13.3 Å². The molecule has 82 valence electrons. The summed E-state index contributed by atoms with van der Waals surface area (Å²) in [5, 5.41) is 19.8. The Bertz CT molecular complexity index is 598. The van der Waals surface area contributed by atoms with Crippen LogP contribution in [0.25, 0.3) is 0 Å². The van der Waals surface area contributed by atoms with E-state index in [1.54, 1.807) is 6.07 Å². The Kier molecular flexibility index (Phi) is 3.06. The van der Waals surface area contributed by atoms with Gasteiger partial charge in [-0.3, -0.25) is 10.1 Å². The van der Waals surface area contributed by atoms with Crippen LogP contribution in [0, 0.1) is 21.4 Å². The molecule has 0 spiro atoms. The molecule has 0 aromatic heterocycles. The Morgan fingerprint density at radius 3 is 2.56 bits per heavy atom. The van der Waals surface area contributed by atoms with Gasteiger partial charge >= 0.3 is 0 Å². The standard InChI is InChI=1S/C9H6N2O4S/c1-2-16(14,15)9-4-3-7(6-10)5-8(9)11(12)13/h2-5H,1H2. The van der Waals surface area contributed by atoms with E-state index in [4.69, 9.17) is 5.26 Å². The maximum absolute atomic E-state index is 11.4. The van der Waals surface area contributed by atoms with Gasteiger partial charge in [-0.05, 0) is 12.1 Å². The third kappa shape index (κ3) is 2.07.